The molecule has 112 valence electrons. The van der Waals surface area contributed by atoms with Crippen molar-refractivity contribution in [3.05, 3.63) is 59.2 Å². The van der Waals surface area contributed by atoms with E-state index in [9.17, 15) is 30.7 Å². The van der Waals surface area contributed by atoms with Crippen molar-refractivity contribution in [2.24, 2.45) is 0 Å². The van der Waals surface area contributed by atoms with Crippen molar-refractivity contribution < 1.29 is 30.7 Å². The number of hydrogen-bond donors (Lipinski definition) is 0. The van der Waals surface area contributed by atoms with Gasteiger partial charge >= 0.3 is 6.18 Å². The summed E-state index contributed by atoms with van der Waals surface area (Å²) in [4.78, 5) is 0. The van der Waals surface area contributed by atoms with E-state index in [1.807, 2.05) is 0 Å². The molecule has 0 aromatic heterocycles. The summed E-state index contributed by atoms with van der Waals surface area (Å²) in [5.74, 6) is -2.88. The maximum atomic E-state index is 13.7. The molecule has 2 rings (SSSR count). The van der Waals surface area contributed by atoms with E-state index in [1.54, 1.807) is 0 Å². The first-order valence-electron chi connectivity index (χ1n) is 5.65. The van der Waals surface area contributed by atoms with Crippen LogP contribution in [0.1, 0.15) is 17.6 Å². The molecule has 0 spiro atoms. The molecule has 0 bridgehead atoms. The van der Waals surface area contributed by atoms with Gasteiger partial charge in [-0.25, -0.2) is 17.6 Å². The van der Waals surface area contributed by atoms with Gasteiger partial charge in [0.25, 0.3) is 6.43 Å². The summed E-state index contributed by atoms with van der Waals surface area (Å²) >= 11 is 0. The summed E-state index contributed by atoms with van der Waals surface area (Å²) < 4.78 is 90.7. The molecule has 21 heavy (non-hydrogen) atoms. The quantitative estimate of drug-likeness (QED) is 0.635. The third kappa shape index (κ3) is 3.01. The highest BCUT2D eigenvalue weighted by Gasteiger charge is 2.35. The molecule has 0 atom stereocenters. The lowest BCUT2D eigenvalue weighted by molar-refractivity contribution is -0.137. The first kappa shape index (κ1) is 15.3. The average Bonchev–Trinajstić information content (AvgIpc) is 2.40. The molecule has 0 aliphatic heterocycles. The zero-order chi connectivity index (χ0) is 15.8. The van der Waals surface area contributed by atoms with Crippen LogP contribution in [0.3, 0.4) is 0 Å². The van der Waals surface area contributed by atoms with Crippen LogP contribution in [0.2, 0.25) is 0 Å². The molecule has 0 N–H and O–H groups in total. The standard InChI is InChI=1S/C14H7F7/c15-11-3-1-2-8(12(11)16)9-6-7(13(17)18)4-5-10(9)14(19,20)21/h1-6,13H. The number of halogens is 7. The highest BCUT2D eigenvalue weighted by Crippen LogP contribution is 2.40. The van der Waals surface area contributed by atoms with E-state index < -0.39 is 46.5 Å². The second kappa shape index (κ2) is 5.38. The highest BCUT2D eigenvalue weighted by molar-refractivity contribution is 5.69. The Balaban J connectivity index is 2.75. The van der Waals surface area contributed by atoms with E-state index >= 15 is 0 Å². The first-order chi connectivity index (χ1) is 9.71. The van der Waals surface area contributed by atoms with Crippen molar-refractivity contribution in [1.82, 2.24) is 0 Å². The normalized spacial score (nSPS) is 12.0. The molecule has 2 aromatic carbocycles. The fourth-order valence-corrected chi connectivity index (χ4v) is 1.88. The van der Waals surface area contributed by atoms with Gasteiger partial charge in [0.1, 0.15) is 0 Å². The summed E-state index contributed by atoms with van der Waals surface area (Å²) in [6.07, 6.45) is -7.91. The molecule has 0 heterocycles. The van der Waals surface area contributed by atoms with Crippen LogP contribution in [-0.4, -0.2) is 0 Å². The van der Waals surface area contributed by atoms with E-state index in [4.69, 9.17) is 0 Å². The molecule has 0 nitrogen and oxygen atoms in total. The van der Waals surface area contributed by atoms with E-state index in [1.165, 1.54) is 0 Å². The maximum absolute atomic E-state index is 13.7. The van der Waals surface area contributed by atoms with Crippen LogP contribution in [0.4, 0.5) is 30.7 Å². The predicted octanol–water partition coefficient (Wildman–Crippen LogP) is 5.59. The minimum absolute atomic E-state index is 0.432. The Morgan fingerprint density at radius 1 is 0.857 bits per heavy atom. The van der Waals surface area contributed by atoms with Gasteiger partial charge < -0.3 is 0 Å². The van der Waals surface area contributed by atoms with Crippen LogP contribution < -0.4 is 0 Å². The zero-order valence-corrected chi connectivity index (χ0v) is 10.2. The summed E-state index contributed by atoms with van der Waals surface area (Å²) in [5.41, 5.74) is -3.56. The zero-order valence-electron chi connectivity index (χ0n) is 10.2. The summed E-state index contributed by atoms with van der Waals surface area (Å²) in [7, 11) is 0. The molecule has 0 amide bonds. The lowest BCUT2D eigenvalue weighted by Crippen LogP contribution is -2.08. The molecule has 0 radical (unpaired) electrons. The number of hydrogen-bond acceptors (Lipinski definition) is 0. The molecular formula is C14H7F7. The van der Waals surface area contributed by atoms with Crippen LogP contribution in [0, 0.1) is 11.6 Å². The fourth-order valence-electron chi connectivity index (χ4n) is 1.88. The molecule has 7 heteroatoms. The van der Waals surface area contributed by atoms with Crippen LogP contribution in [0.5, 0.6) is 0 Å². The Hall–Kier alpha value is -2.05. The highest BCUT2D eigenvalue weighted by atomic mass is 19.4. The SMILES string of the molecule is Fc1cccc(-c2cc(C(F)F)ccc2C(F)(F)F)c1F. The second-order valence-corrected chi connectivity index (χ2v) is 4.20. The Kier molecular flexibility index (Phi) is 3.93. The van der Waals surface area contributed by atoms with Crippen molar-refractivity contribution >= 4 is 0 Å². The fraction of sp³-hybridized carbons (Fsp3) is 0.143. The largest absolute Gasteiger partial charge is 0.417 e. The van der Waals surface area contributed by atoms with Gasteiger partial charge in [0.2, 0.25) is 0 Å². The number of alkyl halides is 5. The van der Waals surface area contributed by atoms with Gasteiger partial charge in [-0.2, -0.15) is 13.2 Å². The minimum atomic E-state index is -4.88. The van der Waals surface area contributed by atoms with Crippen LogP contribution >= 0.6 is 0 Å². The monoisotopic (exact) mass is 308 g/mol. The smallest absolute Gasteiger partial charge is 0.205 e. The number of rotatable bonds is 2. The predicted molar refractivity (Wildman–Crippen MR) is 61.8 cm³/mol. The van der Waals surface area contributed by atoms with Gasteiger partial charge in [-0.1, -0.05) is 18.2 Å². The van der Waals surface area contributed by atoms with Crippen molar-refractivity contribution in [2.45, 2.75) is 12.6 Å². The van der Waals surface area contributed by atoms with Gasteiger partial charge in [0, 0.05) is 11.1 Å². The van der Waals surface area contributed by atoms with E-state index in [-0.39, 0.29) is 0 Å². The Morgan fingerprint density at radius 3 is 2.10 bits per heavy atom. The van der Waals surface area contributed by atoms with Crippen molar-refractivity contribution in [3.63, 3.8) is 0 Å². The van der Waals surface area contributed by atoms with E-state index in [0.717, 1.165) is 18.2 Å². The van der Waals surface area contributed by atoms with E-state index in [0.29, 0.717) is 18.2 Å². The van der Waals surface area contributed by atoms with Crippen molar-refractivity contribution in [1.29, 1.82) is 0 Å². The lowest BCUT2D eigenvalue weighted by Gasteiger charge is -2.15. The Bertz CT molecular complexity index is 659. The average molecular weight is 308 g/mol. The lowest BCUT2D eigenvalue weighted by atomic mass is 9.96. The summed E-state index contributed by atoms with van der Waals surface area (Å²) in [5, 5.41) is 0. The van der Waals surface area contributed by atoms with Crippen molar-refractivity contribution in [2.75, 3.05) is 0 Å². The molecule has 0 fully saturated rings. The van der Waals surface area contributed by atoms with Gasteiger partial charge in [0.05, 0.1) is 5.56 Å². The summed E-state index contributed by atoms with van der Waals surface area (Å²) in [6.45, 7) is 0. The van der Waals surface area contributed by atoms with Crippen LogP contribution in [0.25, 0.3) is 11.1 Å². The molecule has 0 aliphatic carbocycles. The van der Waals surface area contributed by atoms with Crippen LogP contribution in [0.15, 0.2) is 36.4 Å². The maximum Gasteiger partial charge on any atom is 0.417 e. The summed E-state index contributed by atoms with van der Waals surface area (Å²) in [6, 6.07) is 4.19. The van der Waals surface area contributed by atoms with Gasteiger partial charge in [-0.05, 0) is 23.8 Å². The molecule has 0 unspecified atom stereocenters. The molecule has 0 saturated heterocycles. The third-order valence-corrected chi connectivity index (χ3v) is 2.84. The molecular weight excluding hydrogens is 301 g/mol. The Labute approximate surface area is 114 Å². The van der Waals surface area contributed by atoms with Gasteiger partial charge in [-0.15, -0.1) is 0 Å². The third-order valence-electron chi connectivity index (χ3n) is 2.84. The minimum Gasteiger partial charge on any atom is -0.205 e. The molecule has 2 aromatic rings. The van der Waals surface area contributed by atoms with Gasteiger partial charge in [0.15, 0.2) is 11.6 Å². The topological polar surface area (TPSA) is 0 Å². The van der Waals surface area contributed by atoms with Crippen molar-refractivity contribution in [3.8, 4) is 11.1 Å². The molecule has 0 aliphatic rings. The Morgan fingerprint density at radius 2 is 1.52 bits per heavy atom. The molecule has 0 saturated carbocycles. The van der Waals surface area contributed by atoms with E-state index in [2.05, 4.69) is 0 Å². The van der Waals surface area contributed by atoms with Gasteiger partial charge in [-0.3, -0.25) is 0 Å². The van der Waals surface area contributed by atoms with Crippen LogP contribution in [-0.2, 0) is 6.18 Å². The first-order valence-corrected chi connectivity index (χ1v) is 5.65. The number of benzene rings is 2. The second-order valence-electron chi connectivity index (χ2n) is 4.20.